The molecule has 0 amide bonds. The lowest BCUT2D eigenvalue weighted by Crippen LogP contribution is -2.56. The average Bonchev–Trinajstić information content (AvgIpc) is 2.80. The Balaban J connectivity index is 2.18. The van der Waals surface area contributed by atoms with Gasteiger partial charge in [0.2, 0.25) is 0 Å². The van der Waals surface area contributed by atoms with Crippen LogP contribution in [-0.4, -0.2) is 49.7 Å². The first-order valence-corrected chi connectivity index (χ1v) is 7.34. The molecule has 0 unspecified atom stereocenters. The molecular formula is C14H26N2O2. The summed E-state index contributed by atoms with van der Waals surface area (Å²) in [7, 11) is 1.53. The minimum absolute atomic E-state index is 0.00806. The van der Waals surface area contributed by atoms with Crippen molar-refractivity contribution in [3.8, 4) is 0 Å². The molecule has 4 nitrogen and oxygen atoms in total. The predicted octanol–water partition coefficient (Wildman–Crippen LogP) is 1.55. The Bertz CT molecular complexity index is 265. The van der Waals surface area contributed by atoms with Crippen LogP contribution in [-0.2, 0) is 9.53 Å². The number of hydrogen-bond donors (Lipinski definition) is 1. The van der Waals surface area contributed by atoms with E-state index in [2.05, 4.69) is 10.2 Å². The Morgan fingerprint density at radius 2 is 1.78 bits per heavy atom. The molecule has 0 aromatic heterocycles. The Morgan fingerprint density at radius 1 is 1.06 bits per heavy atom. The molecule has 0 bridgehead atoms. The van der Waals surface area contributed by atoms with E-state index in [1.807, 2.05) is 0 Å². The molecule has 104 valence electrons. The van der Waals surface area contributed by atoms with Crippen LogP contribution in [0, 0.1) is 0 Å². The number of carbonyl (C=O) groups is 1. The van der Waals surface area contributed by atoms with Gasteiger partial charge in [0.05, 0.1) is 7.11 Å². The van der Waals surface area contributed by atoms with E-state index >= 15 is 0 Å². The summed E-state index contributed by atoms with van der Waals surface area (Å²) in [5.41, 5.74) is -0.336. The maximum atomic E-state index is 12.4. The third-order valence-electron chi connectivity index (χ3n) is 4.44. The third-order valence-corrected chi connectivity index (χ3v) is 4.44. The summed E-state index contributed by atoms with van der Waals surface area (Å²) < 4.78 is 5.14. The molecule has 18 heavy (non-hydrogen) atoms. The lowest BCUT2D eigenvalue weighted by molar-refractivity contribution is -0.156. The third kappa shape index (κ3) is 2.86. The molecule has 1 aliphatic carbocycles. The highest BCUT2D eigenvalue weighted by Crippen LogP contribution is 2.34. The largest absolute Gasteiger partial charge is 0.468 e. The lowest BCUT2D eigenvalue weighted by atomic mass is 9.87. The molecule has 2 aliphatic rings. The number of carbonyl (C=O) groups excluding carboxylic acids is 1. The monoisotopic (exact) mass is 254 g/mol. The van der Waals surface area contributed by atoms with Gasteiger partial charge in [-0.05, 0) is 25.8 Å². The zero-order valence-electron chi connectivity index (χ0n) is 11.5. The van der Waals surface area contributed by atoms with Crippen molar-refractivity contribution in [3.05, 3.63) is 0 Å². The van der Waals surface area contributed by atoms with Gasteiger partial charge >= 0.3 is 5.97 Å². The van der Waals surface area contributed by atoms with E-state index in [-0.39, 0.29) is 11.5 Å². The molecular weight excluding hydrogens is 228 g/mol. The van der Waals surface area contributed by atoms with Gasteiger partial charge in [0.25, 0.3) is 0 Å². The number of nitrogens with zero attached hydrogens (tertiary/aromatic N) is 1. The summed E-state index contributed by atoms with van der Waals surface area (Å²) in [6.07, 6.45) is 7.88. The molecule has 0 atom stereocenters. The highest BCUT2D eigenvalue weighted by atomic mass is 16.5. The van der Waals surface area contributed by atoms with E-state index in [0.717, 1.165) is 58.3 Å². The molecule has 0 aromatic rings. The van der Waals surface area contributed by atoms with Crippen LogP contribution in [0.5, 0.6) is 0 Å². The minimum atomic E-state index is -0.336. The fraction of sp³-hybridized carbons (Fsp3) is 0.929. The summed E-state index contributed by atoms with van der Waals surface area (Å²) in [4.78, 5) is 14.8. The molecule has 0 aromatic carbocycles. The number of methoxy groups -OCH3 is 1. The van der Waals surface area contributed by atoms with E-state index in [0.29, 0.717) is 0 Å². The van der Waals surface area contributed by atoms with Gasteiger partial charge < -0.3 is 10.1 Å². The number of nitrogens with one attached hydrogen (secondary N) is 1. The zero-order chi connectivity index (χ0) is 12.8. The normalized spacial score (nSPS) is 26.1. The van der Waals surface area contributed by atoms with Gasteiger partial charge in [0, 0.05) is 19.6 Å². The van der Waals surface area contributed by atoms with Gasteiger partial charge in [-0.1, -0.05) is 25.7 Å². The SMILES string of the molecule is COC(=O)C1(N2CCCNCC2)CCCCCC1. The first-order chi connectivity index (χ1) is 8.79. The Hall–Kier alpha value is -0.610. The van der Waals surface area contributed by atoms with Gasteiger partial charge in [-0.15, -0.1) is 0 Å². The second kappa shape index (κ2) is 6.53. The van der Waals surface area contributed by atoms with Crippen LogP contribution < -0.4 is 5.32 Å². The second-order valence-corrected chi connectivity index (χ2v) is 5.53. The van der Waals surface area contributed by atoms with E-state index in [9.17, 15) is 4.79 Å². The quantitative estimate of drug-likeness (QED) is 0.599. The van der Waals surface area contributed by atoms with Crippen molar-refractivity contribution in [2.45, 2.75) is 50.5 Å². The highest BCUT2D eigenvalue weighted by molar-refractivity contribution is 5.80. The van der Waals surface area contributed by atoms with E-state index in [4.69, 9.17) is 4.74 Å². The Kier molecular flexibility index (Phi) is 5.01. The topological polar surface area (TPSA) is 41.6 Å². The maximum absolute atomic E-state index is 12.4. The minimum Gasteiger partial charge on any atom is -0.468 e. The predicted molar refractivity (Wildman–Crippen MR) is 71.5 cm³/mol. The smallest absolute Gasteiger partial charge is 0.326 e. The molecule has 1 saturated carbocycles. The van der Waals surface area contributed by atoms with E-state index in [1.165, 1.54) is 20.0 Å². The molecule has 2 fully saturated rings. The Labute approximate surface area is 110 Å². The first-order valence-electron chi connectivity index (χ1n) is 7.34. The Morgan fingerprint density at radius 3 is 2.44 bits per heavy atom. The summed E-state index contributed by atoms with van der Waals surface area (Å²) in [6, 6.07) is 0. The molecule has 1 aliphatic heterocycles. The summed E-state index contributed by atoms with van der Waals surface area (Å²) >= 11 is 0. The van der Waals surface area contributed by atoms with Crippen molar-refractivity contribution in [2.24, 2.45) is 0 Å². The fourth-order valence-corrected chi connectivity index (χ4v) is 3.43. The van der Waals surface area contributed by atoms with E-state index < -0.39 is 0 Å². The van der Waals surface area contributed by atoms with Crippen molar-refractivity contribution in [2.75, 3.05) is 33.3 Å². The van der Waals surface area contributed by atoms with Crippen molar-refractivity contribution in [1.29, 1.82) is 0 Å². The zero-order valence-corrected chi connectivity index (χ0v) is 11.5. The molecule has 1 saturated heterocycles. The van der Waals surface area contributed by atoms with Crippen LogP contribution >= 0.6 is 0 Å². The van der Waals surface area contributed by atoms with Crippen LogP contribution in [0.15, 0.2) is 0 Å². The number of esters is 1. The van der Waals surface area contributed by atoms with Crippen molar-refractivity contribution < 1.29 is 9.53 Å². The van der Waals surface area contributed by atoms with Crippen LogP contribution in [0.3, 0.4) is 0 Å². The van der Waals surface area contributed by atoms with Gasteiger partial charge in [-0.2, -0.15) is 0 Å². The van der Waals surface area contributed by atoms with Gasteiger partial charge in [0.1, 0.15) is 5.54 Å². The van der Waals surface area contributed by atoms with Gasteiger partial charge in [-0.25, -0.2) is 0 Å². The van der Waals surface area contributed by atoms with Crippen LogP contribution in [0.4, 0.5) is 0 Å². The molecule has 4 heteroatoms. The van der Waals surface area contributed by atoms with Crippen LogP contribution in [0.2, 0.25) is 0 Å². The standard InChI is InChI=1S/C14H26N2O2/c1-18-13(17)14(7-4-2-3-5-8-14)16-11-6-9-15-10-12-16/h15H,2-12H2,1H3. The van der Waals surface area contributed by atoms with Crippen molar-refractivity contribution >= 4 is 5.97 Å². The van der Waals surface area contributed by atoms with Crippen LogP contribution in [0.25, 0.3) is 0 Å². The van der Waals surface area contributed by atoms with Crippen LogP contribution in [0.1, 0.15) is 44.9 Å². The summed E-state index contributed by atoms with van der Waals surface area (Å²) in [5.74, 6) is -0.00806. The first kappa shape index (κ1) is 13.8. The molecule has 0 spiro atoms. The van der Waals surface area contributed by atoms with Gasteiger partial charge in [-0.3, -0.25) is 9.69 Å². The highest BCUT2D eigenvalue weighted by Gasteiger charge is 2.44. The van der Waals surface area contributed by atoms with E-state index in [1.54, 1.807) is 0 Å². The lowest BCUT2D eigenvalue weighted by Gasteiger charge is -2.40. The number of ether oxygens (including phenoxy) is 1. The molecule has 0 radical (unpaired) electrons. The van der Waals surface area contributed by atoms with Gasteiger partial charge in [0.15, 0.2) is 0 Å². The van der Waals surface area contributed by atoms with Crippen molar-refractivity contribution in [1.82, 2.24) is 10.2 Å². The molecule has 1 N–H and O–H groups in total. The summed E-state index contributed by atoms with van der Waals surface area (Å²) in [6.45, 7) is 4.03. The average molecular weight is 254 g/mol. The molecule has 2 rings (SSSR count). The maximum Gasteiger partial charge on any atom is 0.326 e. The summed E-state index contributed by atoms with van der Waals surface area (Å²) in [5, 5.41) is 3.41. The number of hydrogen-bond acceptors (Lipinski definition) is 4. The second-order valence-electron chi connectivity index (χ2n) is 5.53. The fourth-order valence-electron chi connectivity index (χ4n) is 3.43. The number of rotatable bonds is 2. The molecule has 1 heterocycles. The van der Waals surface area contributed by atoms with Crippen molar-refractivity contribution in [3.63, 3.8) is 0 Å².